The maximum absolute atomic E-state index is 12.8. The molecule has 0 bridgehead atoms. The minimum Gasteiger partial charge on any atom is -0.508 e. The normalized spacial score (nSPS) is 13.4. The molecule has 0 spiro atoms. The van der Waals surface area contributed by atoms with E-state index in [2.05, 4.69) is 20.9 Å². The number of aromatic amines is 1. The number of nitrogens with two attached hydrogens (primary N) is 1. The van der Waals surface area contributed by atoms with Crippen molar-refractivity contribution in [3.63, 3.8) is 0 Å². The highest BCUT2D eigenvalue weighted by atomic mass is 16.4. The zero-order valence-electron chi connectivity index (χ0n) is 19.7. The Morgan fingerprint density at radius 3 is 2.36 bits per heavy atom. The summed E-state index contributed by atoms with van der Waals surface area (Å²) < 4.78 is 0. The van der Waals surface area contributed by atoms with Crippen molar-refractivity contribution in [3.8, 4) is 5.75 Å². The zero-order valence-corrected chi connectivity index (χ0v) is 19.7. The Balaban J connectivity index is 1.62. The smallest absolute Gasteiger partial charge is 0.325 e. The third-order valence-corrected chi connectivity index (χ3v) is 5.63. The molecule has 0 aliphatic heterocycles. The van der Waals surface area contributed by atoms with Crippen molar-refractivity contribution in [1.29, 1.82) is 0 Å². The number of fused-ring (bicyclic) bond motifs is 1. The number of hydrogen-bond acceptors (Lipinski definition) is 6. The molecule has 0 saturated heterocycles. The number of carbonyl (C=O) groups is 4. The number of aromatic hydroxyl groups is 1. The number of carboxylic acid groups (broad SMARTS) is 1. The van der Waals surface area contributed by atoms with Gasteiger partial charge in [0, 0.05) is 23.5 Å². The van der Waals surface area contributed by atoms with Gasteiger partial charge in [-0.1, -0.05) is 30.3 Å². The quantitative estimate of drug-likeness (QED) is 0.198. The fourth-order valence-electron chi connectivity index (χ4n) is 3.63. The molecule has 11 nitrogen and oxygen atoms in total. The van der Waals surface area contributed by atoms with Gasteiger partial charge in [-0.15, -0.1) is 0 Å². The molecule has 1 aromatic heterocycles. The minimum absolute atomic E-state index is 0.0948. The van der Waals surface area contributed by atoms with Crippen LogP contribution in [0.4, 0.5) is 0 Å². The fraction of sp³-hybridized carbons (Fsp3) is 0.280. The van der Waals surface area contributed by atoms with Crippen LogP contribution in [0.3, 0.4) is 0 Å². The van der Waals surface area contributed by atoms with Gasteiger partial charge in [0.2, 0.25) is 17.7 Å². The predicted octanol–water partition coefficient (Wildman–Crippen LogP) is 0.176. The monoisotopic (exact) mass is 495 g/mol. The van der Waals surface area contributed by atoms with Gasteiger partial charge in [0.25, 0.3) is 0 Å². The molecule has 3 aromatic rings. The standard InChI is InChI=1S/C25H29N5O6/c1-14(25(35)36)29-24(34)21(11-16-12-27-20-5-3-2-4-18(16)20)30-22(32)13-28-23(33)19(26)10-15-6-8-17(31)9-7-15/h2-9,12,14,19,21,27,31H,10-11,13,26H2,1H3,(H,28,33)(H,29,34)(H,30,32)(H,35,36). The van der Waals surface area contributed by atoms with E-state index >= 15 is 0 Å². The maximum Gasteiger partial charge on any atom is 0.325 e. The molecule has 0 fully saturated rings. The summed E-state index contributed by atoms with van der Waals surface area (Å²) in [5.74, 6) is -2.98. The Morgan fingerprint density at radius 1 is 0.972 bits per heavy atom. The Hall–Kier alpha value is -4.38. The average molecular weight is 496 g/mol. The van der Waals surface area contributed by atoms with Crippen LogP contribution in [0.1, 0.15) is 18.1 Å². The van der Waals surface area contributed by atoms with E-state index in [-0.39, 0.29) is 18.6 Å². The highest BCUT2D eigenvalue weighted by Gasteiger charge is 2.26. The van der Waals surface area contributed by atoms with E-state index in [1.54, 1.807) is 18.3 Å². The molecule has 8 N–H and O–H groups in total. The SMILES string of the molecule is CC(NC(=O)C(Cc1c[nH]c2ccccc12)NC(=O)CNC(=O)C(N)Cc1ccc(O)cc1)C(=O)O. The first-order chi connectivity index (χ1) is 17.1. The number of benzene rings is 2. The van der Waals surface area contributed by atoms with Crippen LogP contribution >= 0.6 is 0 Å². The number of phenolic OH excluding ortho intramolecular Hbond substituents is 1. The molecule has 3 amide bonds. The van der Waals surface area contributed by atoms with Gasteiger partial charge in [-0.3, -0.25) is 19.2 Å². The van der Waals surface area contributed by atoms with Crippen molar-refractivity contribution in [2.45, 2.75) is 37.9 Å². The number of amides is 3. The van der Waals surface area contributed by atoms with Crippen molar-refractivity contribution >= 4 is 34.6 Å². The minimum atomic E-state index is -1.21. The number of nitrogens with one attached hydrogen (secondary N) is 4. The summed E-state index contributed by atoms with van der Waals surface area (Å²) >= 11 is 0. The van der Waals surface area contributed by atoms with Gasteiger partial charge < -0.3 is 36.9 Å². The lowest BCUT2D eigenvalue weighted by atomic mass is 10.0. The van der Waals surface area contributed by atoms with E-state index < -0.39 is 48.4 Å². The van der Waals surface area contributed by atoms with Gasteiger partial charge in [-0.25, -0.2) is 0 Å². The summed E-state index contributed by atoms with van der Waals surface area (Å²) in [6, 6.07) is 10.5. The topological polar surface area (TPSA) is 187 Å². The Labute approximate surface area is 207 Å². The molecule has 0 radical (unpaired) electrons. The van der Waals surface area contributed by atoms with E-state index in [0.29, 0.717) is 0 Å². The van der Waals surface area contributed by atoms with Crippen LogP contribution in [0.5, 0.6) is 5.75 Å². The molecule has 0 saturated carbocycles. The number of phenols is 1. The summed E-state index contributed by atoms with van der Waals surface area (Å²) in [5, 5.41) is 26.7. The molecule has 3 unspecified atom stereocenters. The summed E-state index contributed by atoms with van der Waals surface area (Å²) in [6.07, 6.45) is 2.02. The lowest BCUT2D eigenvalue weighted by Crippen LogP contribution is -2.54. The maximum atomic E-state index is 12.8. The third kappa shape index (κ3) is 7.06. The molecular formula is C25H29N5O6. The molecule has 2 aromatic carbocycles. The van der Waals surface area contributed by atoms with Crippen LogP contribution in [0.25, 0.3) is 10.9 Å². The van der Waals surface area contributed by atoms with Crippen LogP contribution in [0.2, 0.25) is 0 Å². The molecule has 11 heteroatoms. The molecule has 190 valence electrons. The van der Waals surface area contributed by atoms with Crippen LogP contribution in [-0.2, 0) is 32.0 Å². The summed E-state index contributed by atoms with van der Waals surface area (Å²) in [6.45, 7) is 0.898. The fourth-order valence-corrected chi connectivity index (χ4v) is 3.63. The number of carbonyl (C=O) groups excluding carboxylic acids is 3. The molecular weight excluding hydrogens is 466 g/mol. The second kappa shape index (κ2) is 11.8. The van der Waals surface area contributed by atoms with Crippen molar-refractivity contribution in [1.82, 2.24) is 20.9 Å². The molecule has 1 heterocycles. The van der Waals surface area contributed by atoms with Gasteiger partial charge in [-0.05, 0) is 42.7 Å². The first-order valence-electron chi connectivity index (χ1n) is 11.3. The van der Waals surface area contributed by atoms with Gasteiger partial charge >= 0.3 is 5.97 Å². The van der Waals surface area contributed by atoms with Crippen LogP contribution in [-0.4, -0.2) is 63.6 Å². The van der Waals surface area contributed by atoms with Crippen LogP contribution in [0, 0.1) is 0 Å². The van der Waals surface area contributed by atoms with Crippen molar-refractivity contribution < 1.29 is 29.4 Å². The van der Waals surface area contributed by atoms with Crippen molar-refractivity contribution in [3.05, 3.63) is 65.9 Å². The van der Waals surface area contributed by atoms with Crippen LogP contribution < -0.4 is 21.7 Å². The molecule has 0 aliphatic carbocycles. The number of aliphatic carboxylic acids is 1. The van der Waals surface area contributed by atoms with Gasteiger partial charge in [0.05, 0.1) is 12.6 Å². The van der Waals surface area contributed by atoms with E-state index in [0.717, 1.165) is 22.0 Å². The first-order valence-corrected chi connectivity index (χ1v) is 11.3. The van der Waals surface area contributed by atoms with E-state index in [1.165, 1.54) is 19.1 Å². The Kier molecular flexibility index (Phi) is 8.63. The number of rotatable bonds is 11. The van der Waals surface area contributed by atoms with Crippen molar-refractivity contribution in [2.75, 3.05) is 6.54 Å². The molecule has 0 aliphatic rings. The number of hydrogen-bond donors (Lipinski definition) is 7. The van der Waals surface area contributed by atoms with Crippen molar-refractivity contribution in [2.24, 2.45) is 5.73 Å². The lowest BCUT2D eigenvalue weighted by molar-refractivity contribution is -0.141. The molecule has 3 atom stereocenters. The summed E-state index contributed by atoms with van der Waals surface area (Å²) in [7, 11) is 0. The lowest BCUT2D eigenvalue weighted by Gasteiger charge is -2.20. The van der Waals surface area contributed by atoms with Gasteiger partial charge in [0.15, 0.2) is 0 Å². The molecule has 3 rings (SSSR count). The van der Waals surface area contributed by atoms with Gasteiger partial charge in [-0.2, -0.15) is 0 Å². The summed E-state index contributed by atoms with van der Waals surface area (Å²) in [4.78, 5) is 52.0. The van der Waals surface area contributed by atoms with E-state index in [4.69, 9.17) is 10.8 Å². The number of H-pyrrole nitrogens is 1. The number of para-hydroxylation sites is 1. The second-order valence-electron chi connectivity index (χ2n) is 8.45. The zero-order chi connectivity index (χ0) is 26.2. The predicted molar refractivity (Wildman–Crippen MR) is 132 cm³/mol. The van der Waals surface area contributed by atoms with E-state index in [9.17, 15) is 24.3 Å². The largest absolute Gasteiger partial charge is 0.508 e. The Morgan fingerprint density at radius 2 is 1.67 bits per heavy atom. The van der Waals surface area contributed by atoms with E-state index in [1.807, 2.05) is 24.3 Å². The van der Waals surface area contributed by atoms with Gasteiger partial charge in [0.1, 0.15) is 17.8 Å². The number of carboxylic acids is 1. The second-order valence-corrected chi connectivity index (χ2v) is 8.45. The highest BCUT2D eigenvalue weighted by Crippen LogP contribution is 2.19. The molecule has 36 heavy (non-hydrogen) atoms. The number of aromatic nitrogens is 1. The Bertz CT molecular complexity index is 1240. The summed E-state index contributed by atoms with van der Waals surface area (Å²) in [5.41, 5.74) is 8.27. The highest BCUT2D eigenvalue weighted by molar-refractivity contribution is 5.93. The third-order valence-electron chi connectivity index (χ3n) is 5.63. The first kappa shape index (κ1) is 26.2. The average Bonchev–Trinajstić information content (AvgIpc) is 3.26. The van der Waals surface area contributed by atoms with Crippen LogP contribution in [0.15, 0.2) is 54.7 Å².